The number of aliphatic hydroxyl groups is 3. The first-order valence-corrected chi connectivity index (χ1v) is 10.9. The third-order valence-corrected chi connectivity index (χ3v) is 5.71. The molecule has 4 atom stereocenters. The Labute approximate surface area is 192 Å². The van der Waals surface area contributed by atoms with E-state index in [0.717, 1.165) is 0 Å². The summed E-state index contributed by atoms with van der Waals surface area (Å²) in [6.07, 6.45) is -1.74. The van der Waals surface area contributed by atoms with Crippen LogP contribution in [0.25, 0.3) is 11.1 Å². The van der Waals surface area contributed by atoms with Gasteiger partial charge in [-0.3, -0.25) is 0 Å². The molecule has 2 heterocycles. The van der Waals surface area contributed by atoms with Crippen molar-refractivity contribution < 1.29 is 24.8 Å². The zero-order chi connectivity index (χ0) is 23.3. The van der Waals surface area contributed by atoms with Crippen LogP contribution in [0.4, 0.5) is 11.8 Å². The van der Waals surface area contributed by atoms with Crippen LogP contribution in [-0.4, -0.2) is 82.0 Å². The van der Waals surface area contributed by atoms with Crippen LogP contribution in [0.2, 0.25) is 5.15 Å². The van der Waals surface area contributed by atoms with Crippen molar-refractivity contribution in [2.45, 2.75) is 38.5 Å². The van der Waals surface area contributed by atoms with Crippen LogP contribution < -0.4 is 15.4 Å². The molecule has 176 valence electrons. The minimum atomic E-state index is -1.07. The molecule has 1 fully saturated rings. The average molecular weight is 468 g/mol. The predicted molar refractivity (Wildman–Crippen MR) is 121 cm³/mol. The first-order chi connectivity index (χ1) is 15.4. The molecule has 2 aromatic heterocycles. The Morgan fingerprint density at radius 3 is 2.59 bits per heavy atom. The van der Waals surface area contributed by atoms with Gasteiger partial charge in [0, 0.05) is 43.5 Å². The predicted octanol–water partition coefficient (Wildman–Crippen LogP) is 1.47. The van der Waals surface area contributed by atoms with Gasteiger partial charge >= 0.3 is 0 Å². The maximum absolute atomic E-state index is 10.5. The van der Waals surface area contributed by atoms with Gasteiger partial charge in [0.15, 0.2) is 0 Å². The molecule has 0 bridgehead atoms. The van der Waals surface area contributed by atoms with E-state index in [9.17, 15) is 15.3 Å². The highest BCUT2D eigenvalue weighted by Crippen LogP contribution is 2.38. The zero-order valence-electron chi connectivity index (χ0n) is 18.4. The van der Waals surface area contributed by atoms with E-state index in [4.69, 9.17) is 21.1 Å². The van der Waals surface area contributed by atoms with Crippen LogP contribution in [0.3, 0.4) is 0 Å². The maximum atomic E-state index is 10.5. The van der Waals surface area contributed by atoms with Gasteiger partial charge in [-0.1, -0.05) is 11.6 Å². The van der Waals surface area contributed by atoms with Gasteiger partial charge in [-0.05, 0) is 26.3 Å². The van der Waals surface area contributed by atoms with Crippen molar-refractivity contribution in [3.8, 4) is 17.0 Å². The number of rotatable bonds is 10. The Hall–Kier alpha value is -2.24. The summed E-state index contributed by atoms with van der Waals surface area (Å²) in [6, 6.07) is 3.04. The second-order valence-electron chi connectivity index (χ2n) is 7.61. The highest BCUT2D eigenvalue weighted by molar-refractivity contribution is 6.32. The fourth-order valence-corrected chi connectivity index (χ4v) is 4.05. The Kier molecular flexibility index (Phi) is 8.44. The van der Waals surface area contributed by atoms with Gasteiger partial charge < -0.3 is 35.4 Å². The number of halogens is 1. The number of pyridine rings is 1. The topological polar surface area (TPSA) is 142 Å². The van der Waals surface area contributed by atoms with E-state index >= 15 is 0 Å². The largest absolute Gasteiger partial charge is 0.478 e. The number of anilines is 2. The summed E-state index contributed by atoms with van der Waals surface area (Å²) in [5.74, 6) is 0.741. The lowest BCUT2D eigenvalue weighted by atomic mass is 10.1. The molecule has 0 radical (unpaired) electrons. The summed E-state index contributed by atoms with van der Waals surface area (Å²) >= 11 is 6.59. The first kappa shape index (κ1) is 24.4. The summed E-state index contributed by atoms with van der Waals surface area (Å²) in [5, 5.41) is 36.6. The highest BCUT2D eigenvalue weighted by atomic mass is 35.5. The molecule has 0 aromatic carbocycles. The number of aryl methyl sites for hydroxylation is 1. The number of hydrogen-bond donors (Lipinski definition) is 5. The number of ether oxygens (including phenoxy) is 2. The molecule has 0 amide bonds. The minimum absolute atomic E-state index is 0.197. The Balaban J connectivity index is 2.00. The standard InChI is InChI=1S/C21H30ClN5O5/c1-4-32-15-6-5-13(11(2)24-15)16-19(22)26-21(23-7-8-31-3)27-20(16)25-14-9-12(10-28)17(29)18(14)30/h5-6,12,14,17-18,28-30H,4,7-10H2,1-3H3,(H2,23,25,26,27)/t12-,14-,17-,18+/m1/s1. The van der Waals surface area contributed by atoms with E-state index in [1.54, 1.807) is 13.2 Å². The summed E-state index contributed by atoms with van der Waals surface area (Å²) < 4.78 is 10.5. The average Bonchev–Trinajstić information content (AvgIpc) is 3.03. The van der Waals surface area contributed by atoms with Crippen LogP contribution in [0.15, 0.2) is 12.1 Å². The van der Waals surface area contributed by atoms with E-state index in [2.05, 4.69) is 25.6 Å². The minimum Gasteiger partial charge on any atom is -0.478 e. The lowest BCUT2D eigenvalue weighted by molar-refractivity contribution is 0.00446. The normalized spacial score (nSPS) is 22.7. The van der Waals surface area contributed by atoms with Gasteiger partial charge in [-0.25, -0.2) is 9.97 Å². The fourth-order valence-electron chi connectivity index (χ4n) is 3.78. The first-order valence-electron chi connectivity index (χ1n) is 10.5. The Bertz CT molecular complexity index is 918. The van der Waals surface area contributed by atoms with Crippen molar-refractivity contribution >= 4 is 23.4 Å². The number of nitrogens with zero attached hydrogens (tertiary/aromatic N) is 3. The molecular weight excluding hydrogens is 438 g/mol. The summed E-state index contributed by atoms with van der Waals surface area (Å²) in [6.45, 7) is 4.93. The van der Waals surface area contributed by atoms with E-state index in [1.807, 2.05) is 19.9 Å². The molecule has 0 aliphatic heterocycles. The van der Waals surface area contributed by atoms with Crippen LogP contribution in [0.1, 0.15) is 19.0 Å². The van der Waals surface area contributed by atoms with E-state index < -0.39 is 24.2 Å². The van der Waals surface area contributed by atoms with Crippen molar-refractivity contribution in [2.24, 2.45) is 5.92 Å². The van der Waals surface area contributed by atoms with Gasteiger partial charge in [0.2, 0.25) is 11.8 Å². The van der Waals surface area contributed by atoms with Crippen molar-refractivity contribution in [3.63, 3.8) is 0 Å². The molecule has 1 aliphatic rings. The summed E-state index contributed by atoms with van der Waals surface area (Å²) in [5.41, 5.74) is 1.90. The van der Waals surface area contributed by atoms with Crippen molar-refractivity contribution in [1.29, 1.82) is 0 Å². The summed E-state index contributed by atoms with van der Waals surface area (Å²) in [4.78, 5) is 13.4. The maximum Gasteiger partial charge on any atom is 0.226 e. The number of hydrogen-bond acceptors (Lipinski definition) is 10. The van der Waals surface area contributed by atoms with Crippen LogP contribution in [0, 0.1) is 12.8 Å². The van der Waals surface area contributed by atoms with Crippen molar-refractivity contribution in [3.05, 3.63) is 23.0 Å². The molecule has 1 aliphatic carbocycles. The Morgan fingerprint density at radius 2 is 1.97 bits per heavy atom. The second kappa shape index (κ2) is 11.1. The Morgan fingerprint density at radius 1 is 1.19 bits per heavy atom. The zero-order valence-corrected chi connectivity index (χ0v) is 19.1. The monoisotopic (exact) mass is 467 g/mol. The van der Waals surface area contributed by atoms with Gasteiger partial charge in [-0.15, -0.1) is 0 Å². The number of aliphatic hydroxyl groups excluding tert-OH is 3. The van der Waals surface area contributed by atoms with Crippen molar-refractivity contribution in [1.82, 2.24) is 15.0 Å². The lowest BCUT2D eigenvalue weighted by Crippen LogP contribution is -2.35. The molecule has 32 heavy (non-hydrogen) atoms. The molecule has 11 heteroatoms. The third-order valence-electron chi connectivity index (χ3n) is 5.43. The SMILES string of the molecule is CCOc1ccc(-c2c(Cl)nc(NCCOC)nc2N[C@@H]2C[C@H](CO)[C@@H](O)[C@H]2O)c(C)n1. The molecule has 5 N–H and O–H groups in total. The van der Waals surface area contributed by atoms with Gasteiger partial charge in [-0.2, -0.15) is 4.98 Å². The van der Waals surface area contributed by atoms with Crippen LogP contribution in [-0.2, 0) is 4.74 Å². The molecule has 3 rings (SSSR count). The van der Waals surface area contributed by atoms with Gasteiger partial charge in [0.1, 0.15) is 17.1 Å². The molecule has 0 spiro atoms. The van der Waals surface area contributed by atoms with E-state index in [-0.39, 0.29) is 11.8 Å². The number of methoxy groups -OCH3 is 1. The molecule has 0 unspecified atom stereocenters. The molecule has 0 saturated heterocycles. The summed E-state index contributed by atoms with van der Waals surface area (Å²) in [7, 11) is 1.59. The highest BCUT2D eigenvalue weighted by Gasteiger charge is 2.41. The van der Waals surface area contributed by atoms with Crippen LogP contribution in [0.5, 0.6) is 5.88 Å². The van der Waals surface area contributed by atoms with E-state index in [1.165, 1.54) is 0 Å². The molecule has 2 aromatic rings. The number of aromatic nitrogens is 3. The smallest absolute Gasteiger partial charge is 0.226 e. The fraction of sp³-hybridized carbons (Fsp3) is 0.571. The van der Waals surface area contributed by atoms with Crippen molar-refractivity contribution in [2.75, 3.05) is 44.1 Å². The second-order valence-corrected chi connectivity index (χ2v) is 7.97. The quantitative estimate of drug-likeness (QED) is 0.257. The van der Waals surface area contributed by atoms with Gasteiger partial charge in [0.05, 0.1) is 30.9 Å². The van der Waals surface area contributed by atoms with E-state index in [0.29, 0.717) is 60.6 Å². The lowest BCUT2D eigenvalue weighted by Gasteiger charge is -2.22. The van der Waals surface area contributed by atoms with Crippen LogP contribution >= 0.6 is 11.6 Å². The third kappa shape index (κ3) is 5.38. The van der Waals surface area contributed by atoms with Gasteiger partial charge in [0.25, 0.3) is 0 Å². The molecule has 10 nitrogen and oxygen atoms in total. The number of nitrogens with one attached hydrogen (secondary N) is 2. The molecule has 1 saturated carbocycles. The molecular formula is C21H30ClN5O5.